The highest BCUT2D eigenvalue weighted by atomic mass is 19.1. The van der Waals surface area contributed by atoms with Crippen LogP contribution in [0.15, 0.2) is 54.7 Å². The van der Waals surface area contributed by atoms with Crippen LogP contribution in [-0.2, 0) is 6.54 Å². The lowest BCUT2D eigenvalue weighted by Gasteiger charge is -2.38. The number of nitrogens with zero attached hydrogens (tertiary/aromatic N) is 3. The zero-order chi connectivity index (χ0) is 30.2. The molecule has 0 spiro atoms. The van der Waals surface area contributed by atoms with Crippen LogP contribution in [0, 0.1) is 11.6 Å². The van der Waals surface area contributed by atoms with E-state index in [9.17, 15) is 23.2 Å². The molecule has 1 saturated heterocycles. The van der Waals surface area contributed by atoms with Crippen LogP contribution in [-0.4, -0.2) is 63.5 Å². The van der Waals surface area contributed by atoms with Crippen LogP contribution in [0.1, 0.15) is 58.9 Å². The molecule has 1 aliphatic rings. The quantitative estimate of drug-likeness (QED) is 0.281. The van der Waals surface area contributed by atoms with E-state index in [4.69, 9.17) is 15.6 Å². The Morgan fingerprint density at radius 2 is 1.81 bits per heavy atom. The van der Waals surface area contributed by atoms with Crippen LogP contribution >= 0.6 is 0 Å². The molecular formula is C30H33F2N5O5. The van der Waals surface area contributed by atoms with E-state index < -0.39 is 35.1 Å². The van der Waals surface area contributed by atoms with Crippen molar-refractivity contribution in [3.63, 3.8) is 0 Å². The lowest BCUT2D eigenvalue weighted by molar-refractivity contribution is 0.0696. The summed E-state index contributed by atoms with van der Waals surface area (Å²) in [7, 11) is 0. The molecule has 3 aromatic rings. The molecule has 3 amide bonds. The fourth-order valence-electron chi connectivity index (χ4n) is 4.80. The van der Waals surface area contributed by atoms with E-state index in [1.165, 1.54) is 12.1 Å². The number of carboxylic acids is 1. The summed E-state index contributed by atoms with van der Waals surface area (Å²) in [6, 6.07) is 10.6. The smallest absolute Gasteiger partial charge is 0.335 e. The maximum atomic E-state index is 14.4. The number of pyridine rings is 1. The number of rotatable bonds is 11. The van der Waals surface area contributed by atoms with Gasteiger partial charge in [-0.25, -0.2) is 23.4 Å². The van der Waals surface area contributed by atoms with Gasteiger partial charge in [-0.3, -0.25) is 9.69 Å². The van der Waals surface area contributed by atoms with Crippen LogP contribution in [0.4, 0.5) is 19.3 Å². The number of aromatic carboxylic acids is 1. The largest absolute Gasteiger partial charge is 0.478 e. The number of amides is 3. The van der Waals surface area contributed by atoms with Crippen molar-refractivity contribution in [1.82, 2.24) is 14.8 Å². The van der Waals surface area contributed by atoms with E-state index >= 15 is 0 Å². The molecule has 0 radical (unpaired) electrons. The number of urea groups is 1. The van der Waals surface area contributed by atoms with Crippen LogP contribution in [0.2, 0.25) is 0 Å². The first-order chi connectivity index (χ1) is 20.1. The molecular weight excluding hydrogens is 548 g/mol. The van der Waals surface area contributed by atoms with Gasteiger partial charge in [0.15, 0.2) is 0 Å². The molecule has 4 rings (SSSR count). The zero-order valence-electron chi connectivity index (χ0n) is 23.2. The van der Waals surface area contributed by atoms with Gasteiger partial charge in [-0.15, -0.1) is 0 Å². The van der Waals surface area contributed by atoms with Gasteiger partial charge in [0.1, 0.15) is 17.4 Å². The Labute approximate surface area is 242 Å². The van der Waals surface area contributed by atoms with E-state index in [0.717, 1.165) is 37.6 Å². The first-order valence-corrected chi connectivity index (χ1v) is 13.7. The molecule has 2 heterocycles. The monoisotopic (exact) mass is 581 g/mol. The summed E-state index contributed by atoms with van der Waals surface area (Å²) in [4.78, 5) is 44.0. The topological polar surface area (TPSA) is 138 Å². The van der Waals surface area contributed by atoms with Crippen molar-refractivity contribution in [3.05, 3.63) is 83.1 Å². The van der Waals surface area contributed by atoms with Gasteiger partial charge >= 0.3 is 12.0 Å². The number of carbonyl (C=O) groups excluding carboxylic acids is 2. The van der Waals surface area contributed by atoms with E-state index in [0.29, 0.717) is 43.6 Å². The molecule has 1 fully saturated rings. The molecule has 1 aliphatic heterocycles. The Bertz CT molecular complexity index is 1410. The van der Waals surface area contributed by atoms with E-state index in [1.54, 1.807) is 29.3 Å². The molecule has 222 valence electrons. The Kier molecular flexibility index (Phi) is 10.0. The van der Waals surface area contributed by atoms with E-state index in [1.807, 2.05) is 13.0 Å². The molecule has 1 aromatic heterocycles. The number of piperidine rings is 1. The first-order valence-electron chi connectivity index (χ1n) is 13.7. The van der Waals surface area contributed by atoms with Gasteiger partial charge in [-0.1, -0.05) is 19.4 Å². The van der Waals surface area contributed by atoms with Crippen LogP contribution in [0.25, 0.3) is 0 Å². The number of primary amides is 1. The lowest BCUT2D eigenvalue weighted by atomic mass is 10.0. The molecule has 42 heavy (non-hydrogen) atoms. The molecule has 10 nitrogen and oxygen atoms in total. The maximum Gasteiger partial charge on any atom is 0.335 e. The fourth-order valence-corrected chi connectivity index (χ4v) is 4.80. The second-order valence-electron chi connectivity index (χ2n) is 10.1. The van der Waals surface area contributed by atoms with Crippen molar-refractivity contribution in [3.8, 4) is 11.6 Å². The predicted octanol–water partition coefficient (Wildman–Crippen LogP) is 5.25. The maximum absolute atomic E-state index is 14.4. The molecule has 0 atom stereocenters. The first kappa shape index (κ1) is 30.4. The third-order valence-electron chi connectivity index (χ3n) is 7.10. The number of nitrogens with two attached hydrogens (primary N) is 1. The highest BCUT2D eigenvalue weighted by Crippen LogP contribution is 2.24. The number of nitrogens with one attached hydrogen (secondary N) is 1. The van der Waals surface area contributed by atoms with Crippen molar-refractivity contribution in [2.45, 2.75) is 45.2 Å². The highest BCUT2D eigenvalue weighted by Gasteiger charge is 2.28. The Morgan fingerprint density at radius 1 is 1.10 bits per heavy atom. The summed E-state index contributed by atoms with van der Waals surface area (Å²) in [6.07, 6.45) is 4.76. The number of anilines is 1. The van der Waals surface area contributed by atoms with Crippen molar-refractivity contribution in [2.75, 3.05) is 25.0 Å². The minimum absolute atomic E-state index is 0.0756. The van der Waals surface area contributed by atoms with Crippen molar-refractivity contribution in [2.24, 2.45) is 5.73 Å². The van der Waals surface area contributed by atoms with Gasteiger partial charge in [-0.2, -0.15) is 0 Å². The molecule has 2 aromatic carbocycles. The van der Waals surface area contributed by atoms with Gasteiger partial charge in [0.25, 0.3) is 5.91 Å². The van der Waals surface area contributed by atoms with Crippen molar-refractivity contribution >= 4 is 23.6 Å². The lowest BCUT2D eigenvalue weighted by Crippen LogP contribution is -2.49. The second-order valence-corrected chi connectivity index (χ2v) is 10.1. The number of unbranched alkanes of at least 4 members (excludes halogenated alkanes) is 1. The fraction of sp³-hybridized carbons (Fsp3) is 0.333. The van der Waals surface area contributed by atoms with Gasteiger partial charge < -0.3 is 25.8 Å². The summed E-state index contributed by atoms with van der Waals surface area (Å²) >= 11 is 0. The molecule has 0 bridgehead atoms. The number of carbonyl (C=O) groups is 3. The third kappa shape index (κ3) is 7.78. The zero-order valence-corrected chi connectivity index (χ0v) is 23.2. The molecule has 0 unspecified atom stereocenters. The Balaban J connectivity index is 1.33. The van der Waals surface area contributed by atoms with Crippen LogP contribution in [0.5, 0.6) is 11.6 Å². The molecule has 0 aliphatic carbocycles. The molecule has 4 N–H and O–H groups in total. The SMILES string of the molecule is CCCCN(C(=O)Nc1cc(C(N)=O)c(F)cc1F)C1CCN(Cc2ccc(Oc3ccc(C(=O)O)cc3)nc2)CC1. The number of hydrogen-bond acceptors (Lipinski definition) is 6. The average Bonchev–Trinajstić information content (AvgIpc) is 2.96. The van der Waals surface area contributed by atoms with Crippen LogP contribution < -0.4 is 15.8 Å². The standard InChI is InChI=1S/C30H33F2N5O5/c1-2-3-12-37(30(41)35-26-15-23(28(33)38)24(31)16-25(26)32)21-10-13-36(14-11-21)18-19-4-9-27(34-17-19)42-22-7-5-20(6-8-22)29(39)40/h4-9,15-17,21H,2-3,10-14,18H2,1H3,(H2,33,38)(H,35,41)(H,39,40). The van der Waals surface area contributed by atoms with Gasteiger partial charge in [-0.05, 0) is 55.2 Å². The third-order valence-corrected chi connectivity index (χ3v) is 7.10. The Morgan fingerprint density at radius 3 is 2.40 bits per heavy atom. The van der Waals surface area contributed by atoms with E-state index in [-0.39, 0.29) is 17.3 Å². The predicted molar refractivity (Wildman–Crippen MR) is 152 cm³/mol. The Hall–Kier alpha value is -4.58. The van der Waals surface area contributed by atoms with Gasteiger partial charge in [0.2, 0.25) is 5.88 Å². The average molecular weight is 582 g/mol. The summed E-state index contributed by atoms with van der Waals surface area (Å²) in [5.74, 6) is -3.27. The number of halogens is 2. The number of ether oxygens (including phenoxy) is 1. The summed E-state index contributed by atoms with van der Waals surface area (Å²) in [5, 5.41) is 11.5. The summed E-state index contributed by atoms with van der Waals surface area (Å²) in [6.45, 7) is 4.60. The number of carboxylic acid groups (broad SMARTS) is 1. The number of aromatic nitrogens is 1. The minimum Gasteiger partial charge on any atom is -0.478 e. The minimum atomic E-state index is -1.09. The number of benzene rings is 2. The van der Waals surface area contributed by atoms with Gasteiger partial charge in [0, 0.05) is 50.6 Å². The van der Waals surface area contributed by atoms with Crippen molar-refractivity contribution < 1.29 is 33.0 Å². The molecule has 12 heteroatoms. The summed E-state index contributed by atoms with van der Waals surface area (Å²) in [5.41, 5.74) is 5.53. The summed E-state index contributed by atoms with van der Waals surface area (Å²) < 4.78 is 34.0. The second kappa shape index (κ2) is 13.9. The van der Waals surface area contributed by atoms with E-state index in [2.05, 4.69) is 15.2 Å². The van der Waals surface area contributed by atoms with Crippen molar-refractivity contribution in [1.29, 1.82) is 0 Å². The molecule has 0 saturated carbocycles. The number of likely N-dealkylation sites (tertiary alicyclic amines) is 1. The highest BCUT2D eigenvalue weighted by molar-refractivity contribution is 5.96. The van der Waals surface area contributed by atoms with Crippen LogP contribution in [0.3, 0.4) is 0 Å². The van der Waals surface area contributed by atoms with Gasteiger partial charge in [0.05, 0.1) is 16.8 Å². The number of hydrogen-bond donors (Lipinski definition) is 3. The normalized spacial score (nSPS) is 13.9.